The van der Waals surface area contributed by atoms with Crippen molar-refractivity contribution in [2.45, 2.75) is 39.7 Å². The van der Waals surface area contributed by atoms with Gasteiger partial charge in [0.25, 0.3) is 11.8 Å². The number of aryl methyl sites for hydroxylation is 3. The molecule has 0 radical (unpaired) electrons. The van der Waals surface area contributed by atoms with Gasteiger partial charge in [-0.2, -0.15) is 0 Å². The highest BCUT2D eigenvalue weighted by Gasteiger charge is 2.24. The molecule has 0 spiro atoms. The molecule has 148 valence electrons. The van der Waals surface area contributed by atoms with E-state index in [0.29, 0.717) is 24.4 Å². The average molecular weight is 380 g/mol. The summed E-state index contributed by atoms with van der Waals surface area (Å²) >= 11 is 0. The summed E-state index contributed by atoms with van der Waals surface area (Å²) in [5.74, 6) is 0.643. The molecule has 0 saturated carbocycles. The summed E-state index contributed by atoms with van der Waals surface area (Å²) in [7, 11) is 0. The lowest BCUT2D eigenvalue weighted by atomic mass is 10.0. The Hall–Kier alpha value is -2.82. The Bertz CT molecular complexity index is 837. The van der Waals surface area contributed by atoms with Crippen molar-refractivity contribution in [1.82, 2.24) is 10.2 Å². The van der Waals surface area contributed by atoms with Gasteiger partial charge in [0.2, 0.25) is 0 Å². The molecule has 3 rings (SSSR count). The second kappa shape index (κ2) is 8.91. The topological polar surface area (TPSA) is 58.6 Å². The molecule has 0 aromatic heterocycles. The maximum Gasteiger partial charge on any atom is 0.260 e. The predicted octanol–water partition coefficient (Wildman–Crippen LogP) is 3.41. The van der Waals surface area contributed by atoms with Gasteiger partial charge < -0.3 is 15.0 Å². The van der Waals surface area contributed by atoms with Crippen LogP contribution in [-0.4, -0.2) is 42.5 Å². The molecule has 1 aliphatic heterocycles. The van der Waals surface area contributed by atoms with Crippen molar-refractivity contribution in [3.63, 3.8) is 0 Å². The molecule has 0 atom stereocenters. The lowest BCUT2D eigenvalue weighted by molar-refractivity contribution is -0.134. The number of benzene rings is 2. The zero-order chi connectivity index (χ0) is 20.1. The Balaban J connectivity index is 1.44. The summed E-state index contributed by atoms with van der Waals surface area (Å²) < 4.78 is 5.59. The van der Waals surface area contributed by atoms with Crippen LogP contribution in [0.2, 0.25) is 0 Å². The van der Waals surface area contributed by atoms with Gasteiger partial charge in [0.1, 0.15) is 5.75 Å². The number of amides is 2. The minimum atomic E-state index is -0.0458. The number of likely N-dealkylation sites (tertiary alicyclic amines) is 1. The summed E-state index contributed by atoms with van der Waals surface area (Å²) in [6.07, 6.45) is 1.51. The highest BCUT2D eigenvalue weighted by molar-refractivity contribution is 5.94. The molecule has 2 aromatic rings. The first kappa shape index (κ1) is 19.9. The van der Waals surface area contributed by atoms with Gasteiger partial charge >= 0.3 is 0 Å². The highest BCUT2D eigenvalue weighted by Crippen LogP contribution is 2.15. The predicted molar refractivity (Wildman–Crippen MR) is 110 cm³/mol. The Morgan fingerprint density at radius 1 is 1.00 bits per heavy atom. The van der Waals surface area contributed by atoms with Crippen LogP contribution in [0.1, 0.15) is 39.9 Å². The second-order valence-corrected chi connectivity index (χ2v) is 7.53. The number of hydrogen-bond acceptors (Lipinski definition) is 3. The summed E-state index contributed by atoms with van der Waals surface area (Å²) in [5, 5.41) is 3.10. The van der Waals surface area contributed by atoms with E-state index in [0.717, 1.165) is 24.0 Å². The third-order valence-electron chi connectivity index (χ3n) is 5.34. The van der Waals surface area contributed by atoms with Crippen LogP contribution in [0.3, 0.4) is 0 Å². The minimum absolute atomic E-state index is 0.0143. The quantitative estimate of drug-likeness (QED) is 0.865. The average Bonchev–Trinajstić information content (AvgIpc) is 2.70. The second-order valence-electron chi connectivity index (χ2n) is 7.53. The first-order valence-corrected chi connectivity index (χ1v) is 9.78. The summed E-state index contributed by atoms with van der Waals surface area (Å²) in [6, 6.07) is 13.5. The van der Waals surface area contributed by atoms with Crippen LogP contribution in [0.15, 0.2) is 42.5 Å². The van der Waals surface area contributed by atoms with Crippen LogP contribution in [0.25, 0.3) is 0 Å². The number of hydrogen-bond donors (Lipinski definition) is 1. The number of ether oxygens (including phenoxy) is 1. The molecule has 1 fully saturated rings. The number of nitrogens with zero attached hydrogens (tertiary/aromatic N) is 1. The number of carbonyl (C=O) groups is 2. The normalized spacial score (nSPS) is 14.6. The van der Waals surface area contributed by atoms with Gasteiger partial charge in [-0.05, 0) is 69.0 Å². The van der Waals surface area contributed by atoms with Crippen LogP contribution >= 0.6 is 0 Å². The molecule has 28 heavy (non-hydrogen) atoms. The molecular formula is C23H28N2O3. The third-order valence-corrected chi connectivity index (χ3v) is 5.34. The van der Waals surface area contributed by atoms with Crippen molar-refractivity contribution < 1.29 is 14.3 Å². The summed E-state index contributed by atoms with van der Waals surface area (Å²) in [5.41, 5.74) is 4.13. The maximum absolute atomic E-state index is 12.5. The molecule has 2 amide bonds. The van der Waals surface area contributed by atoms with Gasteiger partial charge in [-0.15, -0.1) is 0 Å². The van der Waals surface area contributed by atoms with E-state index in [1.165, 1.54) is 5.56 Å². The molecule has 0 aliphatic carbocycles. The number of rotatable bonds is 5. The van der Waals surface area contributed by atoms with Crippen molar-refractivity contribution in [3.8, 4) is 5.75 Å². The Morgan fingerprint density at radius 3 is 2.32 bits per heavy atom. The lowest BCUT2D eigenvalue weighted by Gasteiger charge is -2.32. The zero-order valence-corrected chi connectivity index (χ0v) is 16.8. The smallest absolute Gasteiger partial charge is 0.260 e. The van der Waals surface area contributed by atoms with Crippen LogP contribution in [-0.2, 0) is 4.79 Å². The maximum atomic E-state index is 12.5. The lowest BCUT2D eigenvalue weighted by Crippen LogP contribution is -2.47. The Labute approximate surface area is 166 Å². The van der Waals surface area contributed by atoms with Crippen molar-refractivity contribution in [2.75, 3.05) is 19.7 Å². The van der Waals surface area contributed by atoms with E-state index < -0.39 is 0 Å². The third kappa shape index (κ3) is 5.12. The molecule has 1 N–H and O–H groups in total. The molecule has 1 aliphatic rings. The fourth-order valence-corrected chi connectivity index (χ4v) is 3.30. The van der Waals surface area contributed by atoms with E-state index in [4.69, 9.17) is 4.74 Å². The van der Waals surface area contributed by atoms with E-state index in [1.54, 1.807) is 0 Å². The molecule has 5 heteroatoms. The Kier molecular flexibility index (Phi) is 6.34. The van der Waals surface area contributed by atoms with Crippen molar-refractivity contribution in [3.05, 3.63) is 64.7 Å². The number of nitrogens with one attached hydrogen (secondary N) is 1. The minimum Gasteiger partial charge on any atom is -0.484 e. The van der Waals surface area contributed by atoms with E-state index in [9.17, 15) is 9.59 Å². The van der Waals surface area contributed by atoms with Crippen molar-refractivity contribution >= 4 is 11.8 Å². The van der Waals surface area contributed by atoms with Crippen LogP contribution in [0.5, 0.6) is 5.75 Å². The van der Waals surface area contributed by atoms with E-state index >= 15 is 0 Å². The Morgan fingerprint density at radius 2 is 1.68 bits per heavy atom. The van der Waals surface area contributed by atoms with Gasteiger partial charge in [0, 0.05) is 24.7 Å². The fourth-order valence-electron chi connectivity index (χ4n) is 3.30. The standard InChI is InChI=1S/C23H28N2O3/c1-16-4-8-21(9-5-16)28-15-22(26)25-12-10-20(11-13-25)24-23(27)19-7-6-17(2)18(3)14-19/h4-9,14,20H,10-13,15H2,1-3H3,(H,24,27). The monoisotopic (exact) mass is 380 g/mol. The van der Waals surface area contributed by atoms with Gasteiger partial charge in [0.05, 0.1) is 0 Å². The van der Waals surface area contributed by atoms with E-state index in [1.807, 2.05) is 68.1 Å². The largest absolute Gasteiger partial charge is 0.484 e. The van der Waals surface area contributed by atoms with Gasteiger partial charge in [-0.3, -0.25) is 9.59 Å². The van der Waals surface area contributed by atoms with Crippen molar-refractivity contribution in [2.24, 2.45) is 0 Å². The molecule has 2 aromatic carbocycles. The molecule has 5 nitrogen and oxygen atoms in total. The van der Waals surface area contributed by atoms with Gasteiger partial charge in [-0.25, -0.2) is 0 Å². The van der Waals surface area contributed by atoms with Crippen molar-refractivity contribution in [1.29, 1.82) is 0 Å². The first-order valence-electron chi connectivity index (χ1n) is 9.78. The van der Waals surface area contributed by atoms with Crippen LogP contribution < -0.4 is 10.1 Å². The SMILES string of the molecule is Cc1ccc(OCC(=O)N2CCC(NC(=O)c3ccc(C)c(C)c3)CC2)cc1. The van der Waals surface area contributed by atoms with E-state index in [2.05, 4.69) is 5.32 Å². The number of piperidine rings is 1. The summed E-state index contributed by atoms with van der Waals surface area (Å²) in [4.78, 5) is 26.6. The molecule has 0 unspecified atom stereocenters. The summed E-state index contributed by atoms with van der Waals surface area (Å²) in [6.45, 7) is 7.36. The van der Waals surface area contributed by atoms with E-state index in [-0.39, 0.29) is 24.5 Å². The fraction of sp³-hybridized carbons (Fsp3) is 0.391. The van der Waals surface area contributed by atoms with Crippen LogP contribution in [0, 0.1) is 20.8 Å². The molecule has 1 saturated heterocycles. The number of carbonyl (C=O) groups excluding carboxylic acids is 2. The zero-order valence-electron chi connectivity index (χ0n) is 16.8. The van der Waals surface area contributed by atoms with Crippen LogP contribution in [0.4, 0.5) is 0 Å². The molecular weight excluding hydrogens is 352 g/mol. The first-order chi connectivity index (χ1) is 13.4. The van der Waals surface area contributed by atoms with Gasteiger partial charge in [-0.1, -0.05) is 23.8 Å². The molecule has 0 bridgehead atoms. The highest BCUT2D eigenvalue weighted by atomic mass is 16.5. The van der Waals surface area contributed by atoms with Gasteiger partial charge in [0.15, 0.2) is 6.61 Å². The molecule has 1 heterocycles.